The molecule has 0 bridgehead atoms. The van der Waals surface area contributed by atoms with Crippen LogP contribution < -0.4 is 5.73 Å². The second kappa shape index (κ2) is 7.90. The predicted octanol–water partition coefficient (Wildman–Crippen LogP) is 3.30. The van der Waals surface area contributed by atoms with E-state index in [1.54, 1.807) is 0 Å². The standard InChI is InChI=1S/C18H31N3/c1-4-21(13-17-7-5-6-10-20-17)12-16-11-15(14(2)3)8-9-18(16)19/h5-7,10,14-16,18H,4,8-9,11-13,19H2,1-3H3. The van der Waals surface area contributed by atoms with Gasteiger partial charge in [0.25, 0.3) is 0 Å². The normalized spacial score (nSPS) is 26.5. The highest BCUT2D eigenvalue weighted by Gasteiger charge is 2.30. The third-order valence-corrected chi connectivity index (χ3v) is 5.08. The van der Waals surface area contributed by atoms with E-state index in [1.807, 2.05) is 12.3 Å². The van der Waals surface area contributed by atoms with Crippen molar-refractivity contribution in [3.05, 3.63) is 30.1 Å². The molecule has 1 aromatic heterocycles. The average Bonchev–Trinajstić information content (AvgIpc) is 2.49. The van der Waals surface area contributed by atoms with Gasteiger partial charge in [-0.25, -0.2) is 0 Å². The van der Waals surface area contributed by atoms with Crippen molar-refractivity contribution in [2.45, 2.75) is 52.6 Å². The molecular weight excluding hydrogens is 258 g/mol. The van der Waals surface area contributed by atoms with Gasteiger partial charge in [-0.05, 0) is 55.7 Å². The molecule has 0 spiro atoms. The molecule has 1 aliphatic carbocycles. The van der Waals surface area contributed by atoms with Gasteiger partial charge in [0.05, 0.1) is 5.69 Å². The molecule has 1 aromatic rings. The summed E-state index contributed by atoms with van der Waals surface area (Å²) in [6, 6.07) is 6.53. The lowest BCUT2D eigenvalue weighted by Gasteiger charge is -2.38. The highest BCUT2D eigenvalue weighted by molar-refractivity contribution is 5.03. The fraction of sp³-hybridized carbons (Fsp3) is 0.722. The molecule has 0 radical (unpaired) electrons. The lowest BCUT2D eigenvalue weighted by atomic mass is 9.73. The first kappa shape index (κ1) is 16.4. The van der Waals surface area contributed by atoms with Crippen molar-refractivity contribution < 1.29 is 0 Å². The maximum Gasteiger partial charge on any atom is 0.0543 e. The number of aromatic nitrogens is 1. The maximum atomic E-state index is 6.40. The van der Waals surface area contributed by atoms with Gasteiger partial charge >= 0.3 is 0 Å². The van der Waals surface area contributed by atoms with Gasteiger partial charge in [-0.3, -0.25) is 9.88 Å². The van der Waals surface area contributed by atoms with Gasteiger partial charge in [0.1, 0.15) is 0 Å². The first-order valence-electron chi connectivity index (χ1n) is 8.48. The molecule has 1 saturated carbocycles. The van der Waals surface area contributed by atoms with E-state index < -0.39 is 0 Å². The molecule has 3 atom stereocenters. The van der Waals surface area contributed by atoms with Gasteiger partial charge in [0.15, 0.2) is 0 Å². The number of nitrogens with zero attached hydrogens (tertiary/aromatic N) is 2. The zero-order valence-electron chi connectivity index (χ0n) is 13.8. The minimum Gasteiger partial charge on any atom is -0.327 e. The Hall–Kier alpha value is -0.930. The minimum atomic E-state index is 0.373. The molecule has 0 amide bonds. The molecule has 0 aliphatic heterocycles. The lowest BCUT2D eigenvalue weighted by Crippen LogP contribution is -2.43. The first-order chi connectivity index (χ1) is 10.1. The fourth-order valence-electron chi connectivity index (χ4n) is 3.50. The zero-order valence-corrected chi connectivity index (χ0v) is 13.8. The topological polar surface area (TPSA) is 42.2 Å². The zero-order chi connectivity index (χ0) is 15.2. The molecule has 21 heavy (non-hydrogen) atoms. The van der Waals surface area contributed by atoms with Gasteiger partial charge in [-0.1, -0.05) is 26.8 Å². The summed E-state index contributed by atoms with van der Waals surface area (Å²) in [7, 11) is 0. The van der Waals surface area contributed by atoms with Crippen LogP contribution in [-0.4, -0.2) is 29.0 Å². The summed E-state index contributed by atoms with van der Waals surface area (Å²) in [5.74, 6) is 2.27. The summed E-state index contributed by atoms with van der Waals surface area (Å²) in [6.07, 6.45) is 5.66. The van der Waals surface area contributed by atoms with Gasteiger partial charge < -0.3 is 5.73 Å². The van der Waals surface area contributed by atoms with Crippen LogP contribution in [0.5, 0.6) is 0 Å². The average molecular weight is 289 g/mol. The molecule has 1 aliphatic rings. The molecule has 2 N–H and O–H groups in total. The number of hydrogen-bond acceptors (Lipinski definition) is 3. The third-order valence-electron chi connectivity index (χ3n) is 5.08. The van der Waals surface area contributed by atoms with E-state index in [2.05, 4.69) is 42.8 Å². The summed E-state index contributed by atoms with van der Waals surface area (Å²) in [5.41, 5.74) is 7.55. The molecule has 3 nitrogen and oxygen atoms in total. The molecule has 1 fully saturated rings. The van der Waals surface area contributed by atoms with Gasteiger partial charge in [-0.2, -0.15) is 0 Å². The van der Waals surface area contributed by atoms with Crippen molar-refractivity contribution in [2.24, 2.45) is 23.5 Å². The van der Waals surface area contributed by atoms with Crippen LogP contribution in [0.3, 0.4) is 0 Å². The van der Waals surface area contributed by atoms with E-state index in [-0.39, 0.29) is 0 Å². The molecule has 118 valence electrons. The van der Waals surface area contributed by atoms with Crippen LogP contribution in [0.1, 0.15) is 45.7 Å². The number of rotatable bonds is 6. The van der Waals surface area contributed by atoms with Crippen molar-refractivity contribution in [1.82, 2.24) is 9.88 Å². The number of nitrogens with two attached hydrogens (primary N) is 1. The van der Waals surface area contributed by atoms with E-state index in [1.165, 1.54) is 19.3 Å². The second-order valence-corrected chi connectivity index (χ2v) is 6.89. The van der Waals surface area contributed by atoms with Crippen LogP contribution in [0.25, 0.3) is 0 Å². The van der Waals surface area contributed by atoms with Crippen molar-refractivity contribution in [3.63, 3.8) is 0 Å². The van der Waals surface area contributed by atoms with E-state index in [0.717, 1.165) is 37.2 Å². The Morgan fingerprint density at radius 2 is 2.14 bits per heavy atom. The maximum absolute atomic E-state index is 6.40. The molecule has 0 saturated heterocycles. The Balaban J connectivity index is 1.93. The number of hydrogen-bond donors (Lipinski definition) is 1. The van der Waals surface area contributed by atoms with Gasteiger partial charge in [0, 0.05) is 25.3 Å². The molecule has 1 heterocycles. The SMILES string of the molecule is CCN(Cc1ccccn1)CC1CC(C(C)C)CCC1N. The van der Waals surface area contributed by atoms with Crippen LogP contribution in [-0.2, 0) is 6.54 Å². The lowest BCUT2D eigenvalue weighted by molar-refractivity contribution is 0.135. The Kier molecular flexibility index (Phi) is 6.19. The van der Waals surface area contributed by atoms with Crippen LogP contribution in [0.4, 0.5) is 0 Å². The van der Waals surface area contributed by atoms with Gasteiger partial charge in [-0.15, -0.1) is 0 Å². The smallest absolute Gasteiger partial charge is 0.0543 e. The van der Waals surface area contributed by atoms with Crippen molar-refractivity contribution in [2.75, 3.05) is 13.1 Å². The monoisotopic (exact) mass is 289 g/mol. The third kappa shape index (κ3) is 4.79. The summed E-state index contributed by atoms with van der Waals surface area (Å²) in [4.78, 5) is 6.94. The number of pyridine rings is 1. The predicted molar refractivity (Wildman–Crippen MR) is 88.8 cm³/mol. The van der Waals surface area contributed by atoms with Crippen LogP contribution in [0.15, 0.2) is 24.4 Å². The van der Waals surface area contributed by atoms with Crippen molar-refractivity contribution in [1.29, 1.82) is 0 Å². The van der Waals surface area contributed by atoms with Crippen LogP contribution in [0, 0.1) is 17.8 Å². The Morgan fingerprint density at radius 3 is 2.76 bits per heavy atom. The molecular formula is C18H31N3. The molecule has 0 aromatic carbocycles. The van der Waals surface area contributed by atoms with E-state index >= 15 is 0 Å². The fourth-order valence-corrected chi connectivity index (χ4v) is 3.50. The Morgan fingerprint density at radius 1 is 1.33 bits per heavy atom. The highest BCUT2D eigenvalue weighted by Crippen LogP contribution is 2.33. The van der Waals surface area contributed by atoms with Gasteiger partial charge in [0.2, 0.25) is 0 Å². The molecule has 3 heteroatoms. The van der Waals surface area contributed by atoms with Crippen molar-refractivity contribution >= 4 is 0 Å². The quantitative estimate of drug-likeness (QED) is 0.873. The van der Waals surface area contributed by atoms with Crippen molar-refractivity contribution in [3.8, 4) is 0 Å². The van der Waals surface area contributed by atoms with E-state index in [9.17, 15) is 0 Å². The highest BCUT2D eigenvalue weighted by atomic mass is 15.1. The largest absolute Gasteiger partial charge is 0.327 e. The summed E-state index contributed by atoms with van der Waals surface area (Å²) in [6.45, 7) is 10.0. The Labute approximate surface area is 129 Å². The summed E-state index contributed by atoms with van der Waals surface area (Å²) >= 11 is 0. The van der Waals surface area contributed by atoms with Crippen LogP contribution in [0.2, 0.25) is 0 Å². The molecule has 3 unspecified atom stereocenters. The first-order valence-corrected chi connectivity index (χ1v) is 8.48. The summed E-state index contributed by atoms with van der Waals surface area (Å²) < 4.78 is 0. The van der Waals surface area contributed by atoms with Crippen LogP contribution >= 0.6 is 0 Å². The minimum absolute atomic E-state index is 0.373. The summed E-state index contributed by atoms with van der Waals surface area (Å²) in [5, 5.41) is 0. The Bertz CT molecular complexity index is 404. The molecule has 2 rings (SSSR count). The van der Waals surface area contributed by atoms with E-state index in [0.29, 0.717) is 12.0 Å². The van der Waals surface area contributed by atoms with E-state index in [4.69, 9.17) is 5.73 Å². The second-order valence-electron chi connectivity index (χ2n) is 6.89.